The number of ketones is 1. The minimum Gasteiger partial charge on any atom is -0.294 e. The number of carbonyl (C=O) groups excluding carboxylic acids is 1. The molecule has 0 aliphatic heterocycles. The van der Waals surface area contributed by atoms with Crippen molar-refractivity contribution >= 4 is 5.78 Å². The van der Waals surface area contributed by atoms with Gasteiger partial charge in [-0.1, -0.05) is 19.9 Å². The van der Waals surface area contributed by atoms with Crippen LogP contribution in [0.5, 0.6) is 0 Å². The first kappa shape index (κ1) is 11.3. The summed E-state index contributed by atoms with van der Waals surface area (Å²) in [6, 6.07) is 0. The summed E-state index contributed by atoms with van der Waals surface area (Å²) in [5.41, 5.74) is 4.00. The quantitative estimate of drug-likeness (QED) is 0.712. The predicted molar refractivity (Wildman–Crippen MR) is 69.6 cm³/mol. The molecule has 0 amide bonds. The normalized spacial score (nSPS) is 31.8. The van der Waals surface area contributed by atoms with Crippen LogP contribution in [0.1, 0.15) is 52.4 Å². The van der Waals surface area contributed by atoms with Gasteiger partial charge < -0.3 is 0 Å². The van der Waals surface area contributed by atoms with E-state index in [2.05, 4.69) is 19.9 Å². The van der Waals surface area contributed by atoms with Crippen molar-refractivity contribution in [3.05, 3.63) is 22.8 Å². The maximum Gasteiger partial charge on any atom is 0.166 e. The molecule has 1 heteroatoms. The molecule has 0 spiro atoms. The molecule has 1 nitrogen and oxygen atoms in total. The number of rotatable bonds is 4. The lowest BCUT2D eigenvalue weighted by Crippen LogP contribution is -2.14. The van der Waals surface area contributed by atoms with Crippen molar-refractivity contribution in [3.8, 4) is 0 Å². The van der Waals surface area contributed by atoms with Crippen LogP contribution in [-0.2, 0) is 4.79 Å². The highest BCUT2D eigenvalue weighted by molar-refractivity contribution is 6.05. The summed E-state index contributed by atoms with van der Waals surface area (Å²) in [5.74, 6) is 2.20. The first-order chi connectivity index (χ1) is 8.26. The van der Waals surface area contributed by atoms with E-state index in [1.807, 2.05) is 0 Å². The number of hydrogen-bond donors (Lipinski definition) is 0. The third-order valence-corrected chi connectivity index (χ3v) is 4.47. The predicted octanol–water partition coefficient (Wildman–Crippen LogP) is 4.05. The minimum absolute atomic E-state index is 0.264. The second kappa shape index (κ2) is 4.12. The van der Waals surface area contributed by atoms with Crippen LogP contribution in [0.3, 0.4) is 0 Å². The van der Waals surface area contributed by atoms with Crippen molar-refractivity contribution < 1.29 is 4.79 Å². The van der Waals surface area contributed by atoms with Crippen LogP contribution in [0.2, 0.25) is 0 Å². The standard InChI is InChI=1S/C16H22O/c1-3-12-13(4-2)16(17)15(11-7-8-11)14(12)9-10-5-6-10/h9-11,15H,3-8H2,1-2H3/b14-9-. The highest BCUT2D eigenvalue weighted by Gasteiger charge is 2.45. The van der Waals surface area contributed by atoms with Gasteiger partial charge in [0.2, 0.25) is 0 Å². The Bertz CT molecular complexity index is 405. The van der Waals surface area contributed by atoms with E-state index in [-0.39, 0.29) is 5.92 Å². The van der Waals surface area contributed by atoms with E-state index in [1.54, 1.807) is 0 Å². The van der Waals surface area contributed by atoms with Crippen molar-refractivity contribution in [2.75, 3.05) is 0 Å². The van der Waals surface area contributed by atoms with Crippen molar-refractivity contribution in [2.24, 2.45) is 17.8 Å². The van der Waals surface area contributed by atoms with Gasteiger partial charge >= 0.3 is 0 Å². The molecule has 0 aromatic carbocycles. The zero-order chi connectivity index (χ0) is 12.0. The van der Waals surface area contributed by atoms with E-state index in [1.165, 1.54) is 36.8 Å². The lowest BCUT2D eigenvalue weighted by Gasteiger charge is -2.12. The molecule has 1 atom stereocenters. The Kier molecular flexibility index (Phi) is 2.72. The lowest BCUT2D eigenvalue weighted by atomic mass is 9.91. The zero-order valence-corrected chi connectivity index (χ0v) is 11.0. The molecule has 92 valence electrons. The van der Waals surface area contributed by atoms with Crippen molar-refractivity contribution in [1.29, 1.82) is 0 Å². The molecule has 3 aliphatic carbocycles. The largest absolute Gasteiger partial charge is 0.294 e. The number of hydrogen-bond acceptors (Lipinski definition) is 1. The minimum atomic E-state index is 0.264. The van der Waals surface area contributed by atoms with Gasteiger partial charge in [-0.2, -0.15) is 0 Å². The molecule has 0 bridgehead atoms. The van der Waals surface area contributed by atoms with Crippen LogP contribution in [0.25, 0.3) is 0 Å². The first-order valence-electron chi connectivity index (χ1n) is 7.24. The van der Waals surface area contributed by atoms with E-state index in [0.717, 1.165) is 24.3 Å². The molecular formula is C16H22O. The van der Waals surface area contributed by atoms with Crippen LogP contribution in [-0.4, -0.2) is 5.78 Å². The average molecular weight is 230 g/mol. The highest BCUT2D eigenvalue weighted by Crippen LogP contribution is 2.50. The van der Waals surface area contributed by atoms with Gasteiger partial charge in [-0.15, -0.1) is 0 Å². The molecule has 0 radical (unpaired) electrons. The van der Waals surface area contributed by atoms with Crippen LogP contribution >= 0.6 is 0 Å². The fourth-order valence-electron chi connectivity index (χ4n) is 3.26. The summed E-state index contributed by atoms with van der Waals surface area (Å²) in [4.78, 5) is 12.5. The van der Waals surface area contributed by atoms with Gasteiger partial charge in [-0.25, -0.2) is 0 Å². The van der Waals surface area contributed by atoms with E-state index >= 15 is 0 Å². The van der Waals surface area contributed by atoms with Crippen LogP contribution in [0.4, 0.5) is 0 Å². The van der Waals surface area contributed by atoms with Crippen LogP contribution in [0.15, 0.2) is 22.8 Å². The Labute approximate surface area is 104 Å². The first-order valence-corrected chi connectivity index (χ1v) is 7.24. The van der Waals surface area contributed by atoms with Gasteiger partial charge in [-0.3, -0.25) is 4.79 Å². The van der Waals surface area contributed by atoms with E-state index in [0.29, 0.717) is 11.7 Å². The zero-order valence-electron chi connectivity index (χ0n) is 11.0. The summed E-state index contributed by atoms with van der Waals surface area (Å²) in [6.45, 7) is 4.33. The molecular weight excluding hydrogens is 208 g/mol. The van der Waals surface area contributed by atoms with E-state index < -0.39 is 0 Å². The monoisotopic (exact) mass is 230 g/mol. The number of allylic oxidation sites excluding steroid dienone is 4. The highest BCUT2D eigenvalue weighted by atomic mass is 16.1. The average Bonchev–Trinajstić information content (AvgIpc) is 3.18. The molecule has 0 aromatic heterocycles. The Morgan fingerprint density at radius 2 is 1.71 bits per heavy atom. The fourth-order valence-corrected chi connectivity index (χ4v) is 3.26. The topological polar surface area (TPSA) is 17.1 Å². The molecule has 0 heterocycles. The molecule has 0 aromatic rings. The van der Waals surface area contributed by atoms with Gasteiger partial charge in [0.1, 0.15) is 0 Å². The second-order valence-corrected chi connectivity index (χ2v) is 5.80. The van der Waals surface area contributed by atoms with Gasteiger partial charge in [0.15, 0.2) is 5.78 Å². The molecule has 0 saturated heterocycles. The second-order valence-electron chi connectivity index (χ2n) is 5.80. The third kappa shape index (κ3) is 1.90. The van der Waals surface area contributed by atoms with Crippen LogP contribution < -0.4 is 0 Å². The molecule has 17 heavy (non-hydrogen) atoms. The van der Waals surface area contributed by atoms with E-state index in [4.69, 9.17) is 0 Å². The maximum atomic E-state index is 12.5. The van der Waals surface area contributed by atoms with Gasteiger partial charge in [0.25, 0.3) is 0 Å². The SMILES string of the molecule is CCC1=C(CC)/C(=C/C2CC2)C(C2CC2)C1=O. The van der Waals surface area contributed by atoms with Crippen LogP contribution in [0, 0.1) is 17.8 Å². The van der Waals surface area contributed by atoms with Crippen molar-refractivity contribution in [2.45, 2.75) is 52.4 Å². The Hall–Kier alpha value is -0.850. The van der Waals surface area contributed by atoms with Gasteiger partial charge in [0, 0.05) is 5.92 Å². The van der Waals surface area contributed by atoms with Crippen molar-refractivity contribution in [1.82, 2.24) is 0 Å². The summed E-state index contributed by atoms with van der Waals surface area (Å²) in [5, 5.41) is 0. The molecule has 2 saturated carbocycles. The molecule has 3 rings (SSSR count). The number of Topliss-reactive ketones (excluding diaryl/α,β-unsaturated/α-hetero) is 1. The summed E-state index contributed by atoms with van der Waals surface area (Å²) < 4.78 is 0. The molecule has 0 N–H and O–H groups in total. The Morgan fingerprint density at radius 3 is 2.18 bits per heavy atom. The molecule has 2 fully saturated rings. The van der Waals surface area contributed by atoms with Gasteiger partial charge in [-0.05, 0) is 67.1 Å². The fraction of sp³-hybridized carbons (Fsp3) is 0.688. The summed E-state index contributed by atoms with van der Waals surface area (Å²) in [6.07, 6.45) is 9.63. The maximum absolute atomic E-state index is 12.5. The Balaban J connectivity index is 1.99. The third-order valence-electron chi connectivity index (χ3n) is 4.47. The summed E-state index contributed by atoms with van der Waals surface area (Å²) in [7, 11) is 0. The van der Waals surface area contributed by atoms with E-state index in [9.17, 15) is 4.79 Å². The van der Waals surface area contributed by atoms with Gasteiger partial charge in [0.05, 0.1) is 0 Å². The molecule has 3 aliphatic rings. The van der Waals surface area contributed by atoms with Crippen molar-refractivity contribution in [3.63, 3.8) is 0 Å². The number of carbonyl (C=O) groups is 1. The summed E-state index contributed by atoms with van der Waals surface area (Å²) >= 11 is 0. The lowest BCUT2D eigenvalue weighted by molar-refractivity contribution is -0.118. The Morgan fingerprint density at radius 1 is 1.06 bits per heavy atom. The molecule has 1 unspecified atom stereocenters. The smallest absolute Gasteiger partial charge is 0.166 e.